The Morgan fingerprint density at radius 2 is 2.00 bits per heavy atom. The van der Waals surface area contributed by atoms with Crippen molar-refractivity contribution in [2.45, 2.75) is 43.9 Å². The van der Waals surface area contributed by atoms with Gasteiger partial charge in [-0.05, 0) is 69.4 Å². The van der Waals surface area contributed by atoms with E-state index in [1.165, 1.54) is 33.0 Å². The first-order valence-corrected chi connectivity index (χ1v) is 10.9. The van der Waals surface area contributed by atoms with Gasteiger partial charge in [-0.25, -0.2) is 13.1 Å². The van der Waals surface area contributed by atoms with Gasteiger partial charge in [0.1, 0.15) is 0 Å². The van der Waals surface area contributed by atoms with Crippen LogP contribution in [0.4, 0.5) is 0 Å². The summed E-state index contributed by atoms with van der Waals surface area (Å²) in [4.78, 5) is 14.7. The molecular weight excluding hydrogens is 350 g/mol. The van der Waals surface area contributed by atoms with E-state index in [4.69, 9.17) is 0 Å². The summed E-state index contributed by atoms with van der Waals surface area (Å²) in [5, 5.41) is 2.98. The van der Waals surface area contributed by atoms with Gasteiger partial charge < -0.3 is 10.2 Å². The third-order valence-electron chi connectivity index (χ3n) is 4.86. The first-order chi connectivity index (χ1) is 12.4. The molecule has 0 aromatic heterocycles. The van der Waals surface area contributed by atoms with Gasteiger partial charge in [-0.2, -0.15) is 0 Å². The van der Waals surface area contributed by atoms with Crippen LogP contribution in [0.1, 0.15) is 38.2 Å². The van der Waals surface area contributed by atoms with Crippen LogP contribution in [0, 0.1) is 5.92 Å². The molecule has 0 saturated carbocycles. The third-order valence-corrected chi connectivity index (χ3v) is 6.29. The van der Waals surface area contributed by atoms with E-state index in [9.17, 15) is 13.2 Å². The number of piperidine rings is 1. The number of carbonyl (C=O) groups excluding carboxylic acids is 1. The first kappa shape index (κ1) is 20.9. The van der Waals surface area contributed by atoms with Crippen molar-refractivity contribution in [1.29, 1.82) is 0 Å². The molecule has 1 saturated heterocycles. The minimum absolute atomic E-state index is 0.0453. The SMILES string of the molecule is CNS(=O)(=O)c1ccc(CCC(=O)NCCCN2CCCC(C)C2)cc1. The molecular formula is C19H31N3O3S. The summed E-state index contributed by atoms with van der Waals surface area (Å²) in [6, 6.07) is 6.65. The van der Waals surface area contributed by atoms with E-state index in [1.807, 2.05) is 0 Å². The summed E-state index contributed by atoms with van der Waals surface area (Å²) in [7, 11) is -2.02. The minimum Gasteiger partial charge on any atom is -0.356 e. The lowest BCUT2D eigenvalue weighted by Crippen LogP contribution is -2.36. The zero-order valence-electron chi connectivity index (χ0n) is 15.8. The van der Waals surface area contributed by atoms with Crippen LogP contribution >= 0.6 is 0 Å². The Hall–Kier alpha value is -1.44. The number of rotatable bonds is 9. The van der Waals surface area contributed by atoms with Crippen LogP contribution in [0.5, 0.6) is 0 Å². The summed E-state index contributed by atoms with van der Waals surface area (Å²) in [5.74, 6) is 0.830. The smallest absolute Gasteiger partial charge is 0.240 e. The lowest BCUT2D eigenvalue weighted by Gasteiger charge is -2.30. The molecule has 0 spiro atoms. The van der Waals surface area contributed by atoms with Crippen LogP contribution in [-0.4, -0.2) is 52.5 Å². The lowest BCUT2D eigenvalue weighted by atomic mass is 10.0. The van der Waals surface area contributed by atoms with Crippen molar-refractivity contribution < 1.29 is 13.2 Å². The average molecular weight is 382 g/mol. The van der Waals surface area contributed by atoms with Crippen LogP contribution in [0.3, 0.4) is 0 Å². The quantitative estimate of drug-likeness (QED) is 0.639. The summed E-state index contributed by atoms with van der Waals surface area (Å²) in [5.41, 5.74) is 0.956. The van der Waals surface area contributed by atoms with Gasteiger partial charge in [-0.15, -0.1) is 0 Å². The number of nitrogens with one attached hydrogen (secondary N) is 2. The maximum atomic E-state index is 12.0. The van der Waals surface area contributed by atoms with Crippen molar-refractivity contribution in [3.05, 3.63) is 29.8 Å². The molecule has 1 aromatic rings. The highest BCUT2D eigenvalue weighted by Gasteiger charge is 2.15. The van der Waals surface area contributed by atoms with Crippen molar-refractivity contribution in [1.82, 2.24) is 14.9 Å². The van der Waals surface area contributed by atoms with E-state index in [2.05, 4.69) is 21.9 Å². The van der Waals surface area contributed by atoms with E-state index < -0.39 is 10.0 Å². The molecule has 1 aliphatic heterocycles. The van der Waals surface area contributed by atoms with Gasteiger partial charge in [0, 0.05) is 19.5 Å². The highest BCUT2D eigenvalue weighted by molar-refractivity contribution is 7.89. The molecule has 1 aliphatic rings. The lowest BCUT2D eigenvalue weighted by molar-refractivity contribution is -0.121. The number of carbonyl (C=O) groups is 1. The molecule has 0 aliphatic carbocycles. The van der Waals surface area contributed by atoms with Gasteiger partial charge in [-0.3, -0.25) is 4.79 Å². The Kier molecular flexibility index (Phi) is 8.06. The van der Waals surface area contributed by atoms with Crippen LogP contribution in [0.2, 0.25) is 0 Å². The second-order valence-corrected chi connectivity index (χ2v) is 8.99. The van der Waals surface area contributed by atoms with E-state index >= 15 is 0 Å². The van der Waals surface area contributed by atoms with Gasteiger partial charge in [0.15, 0.2) is 0 Å². The summed E-state index contributed by atoms with van der Waals surface area (Å²) < 4.78 is 25.6. The fourth-order valence-electron chi connectivity index (χ4n) is 3.32. The Bertz CT molecular complexity index is 674. The molecule has 1 fully saturated rings. The topological polar surface area (TPSA) is 78.5 Å². The van der Waals surface area contributed by atoms with E-state index in [1.54, 1.807) is 24.3 Å². The molecule has 2 rings (SSSR count). The monoisotopic (exact) mass is 381 g/mol. The molecule has 1 aromatic carbocycles. The highest BCUT2D eigenvalue weighted by Crippen LogP contribution is 2.15. The van der Waals surface area contributed by atoms with Gasteiger partial charge in [0.25, 0.3) is 0 Å². The molecule has 1 atom stereocenters. The van der Waals surface area contributed by atoms with Gasteiger partial charge >= 0.3 is 0 Å². The normalized spacial score (nSPS) is 18.6. The predicted molar refractivity (Wildman–Crippen MR) is 103 cm³/mol. The molecule has 6 nitrogen and oxygen atoms in total. The molecule has 1 unspecified atom stereocenters. The van der Waals surface area contributed by atoms with Crippen molar-refractivity contribution in [2.24, 2.45) is 5.92 Å². The second kappa shape index (κ2) is 10.0. The van der Waals surface area contributed by atoms with E-state index in [0.717, 1.165) is 24.4 Å². The van der Waals surface area contributed by atoms with Gasteiger partial charge in [0.05, 0.1) is 4.90 Å². The molecule has 146 valence electrons. The Morgan fingerprint density at radius 1 is 1.27 bits per heavy atom. The summed E-state index contributed by atoms with van der Waals surface area (Å²) in [6.07, 6.45) is 4.61. The summed E-state index contributed by atoms with van der Waals surface area (Å²) >= 11 is 0. The Morgan fingerprint density at radius 3 is 2.65 bits per heavy atom. The predicted octanol–water partition coefficient (Wildman–Crippen LogP) is 1.77. The Labute approximate surface area is 157 Å². The molecule has 0 bridgehead atoms. The first-order valence-electron chi connectivity index (χ1n) is 9.42. The number of nitrogens with zero attached hydrogens (tertiary/aromatic N) is 1. The zero-order chi connectivity index (χ0) is 19.0. The molecule has 26 heavy (non-hydrogen) atoms. The van der Waals surface area contributed by atoms with Crippen LogP contribution in [0.25, 0.3) is 0 Å². The largest absolute Gasteiger partial charge is 0.356 e. The van der Waals surface area contributed by atoms with E-state index in [0.29, 0.717) is 19.4 Å². The number of aryl methyl sites for hydroxylation is 1. The number of hydrogen-bond donors (Lipinski definition) is 2. The van der Waals surface area contributed by atoms with Gasteiger partial charge in [0.2, 0.25) is 15.9 Å². The average Bonchev–Trinajstić information content (AvgIpc) is 2.64. The summed E-state index contributed by atoms with van der Waals surface area (Å²) in [6.45, 7) is 6.41. The fourth-order valence-corrected chi connectivity index (χ4v) is 4.05. The minimum atomic E-state index is -3.41. The van der Waals surface area contributed by atoms with Crippen molar-refractivity contribution >= 4 is 15.9 Å². The maximum absolute atomic E-state index is 12.0. The maximum Gasteiger partial charge on any atom is 0.240 e. The number of benzene rings is 1. The third kappa shape index (κ3) is 6.70. The van der Waals surface area contributed by atoms with Crippen molar-refractivity contribution in [3.63, 3.8) is 0 Å². The van der Waals surface area contributed by atoms with Crippen LogP contribution in [0.15, 0.2) is 29.2 Å². The van der Waals surface area contributed by atoms with E-state index in [-0.39, 0.29) is 10.8 Å². The molecule has 1 amide bonds. The van der Waals surface area contributed by atoms with Crippen LogP contribution < -0.4 is 10.0 Å². The van der Waals surface area contributed by atoms with Crippen LogP contribution in [-0.2, 0) is 21.2 Å². The number of sulfonamides is 1. The number of hydrogen-bond acceptors (Lipinski definition) is 4. The molecule has 2 N–H and O–H groups in total. The zero-order valence-corrected chi connectivity index (χ0v) is 16.6. The number of amides is 1. The molecule has 1 heterocycles. The molecule has 7 heteroatoms. The second-order valence-electron chi connectivity index (χ2n) is 7.10. The highest BCUT2D eigenvalue weighted by atomic mass is 32.2. The van der Waals surface area contributed by atoms with Crippen molar-refractivity contribution in [3.8, 4) is 0 Å². The number of likely N-dealkylation sites (tertiary alicyclic amines) is 1. The van der Waals surface area contributed by atoms with Crippen molar-refractivity contribution in [2.75, 3.05) is 33.2 Å². The fraction of sp³-hybridized carbons (Fsp3) is 0.632. The standard InChI is InChI=1S/C19H31N3O3S/c1-16-5-3-13-22(15-16)14-4-12-21-19(23)11-8-17-6-9-18(10-7-17)26(24,25)20-2/h6-7,9-10,16,20H,3-5,8,11-15H2,1-2H3,(H,21,23). The molecule has 0 radical (unpaired) electrons. The Balaban J connectivity index is 1.64. The van der Waals surface area contributed by atoms with Gasteiger partial charge in [-0.1, -0.05) is 19.1 Å².